The van der Waals surface area contributed by atoms with Crippen LogP contribution in [0, 0.1) is 61.5 Å². The van der Waals surface area contributed by atoms with Crippen LogP contribution in [0.1, 0.15) is 67.9 Å². The van der Waals surface area contributed by atoms with Crippen LogP contribution in [0.4, 0.5) is 11.4 Å². The molecule has 4 atom stereocenters. The number of hydrogen-bond donors (Lipinski definition) is 7. The molecule has 0 heterocycles. The zero-order valence-electron chi connectivity index (χ0n) is 32.2. The highest BCUT2D eigenvalue weighted by Crippen LogP contribution is 2.33. The lowest BCUT2D eigenvalue weighted by molar-refractivity contribution is -0.145. The Bertz CT molecular complexity index is 2320. The minimum absolute atomic E-state index is 0.181. The molecular formula is C42H40Cl2N8O7. The standard InChI is InChI=1S/C21H19ClN4O3.C13H14ClNO3.C8H7N3O/c1-12-16(8-9-18(24-3)19(12)22)10-17(13(2)27)21(29)26-25-20(28)15-6-4-14(11-23)5-7-15;1-7-9(4-5-11(15-3)12(7)14)6-10(8(2)16)13(17)18;9-5-6-1-3-7(4-2-6)8(12)11-10/h4-9,13,17,27H,10H2,1-2H3,(H,25,28)(H,26,29);4-5,8,10,16H,6H2,1-2H3,(H,17,18);1-4H,10H2,(H,11,12)/t13-,17-;8-,10-;/m11./s1. The van der Waals surface area contributed by atoms with E-state index < -0.39 is 41.8 Å². The number of halogens is 2. The minimum Gasteiger partial charge on any atom is -0.481 e. The van der Waals surface area contributed by atoms with E-state index in [2.05, 4.69) is 20.5 Å². The summed E-state index contributed by atoms with van der Waals surface area (Å²) in [6.45, 7) is 20.5. The molecule has 4 aromatic carbocycles. The number of rotatable bonds is 10. The fourth-order valence-electron chi connectivity index (χ4n) is 5.22. The molecule has 0 saturated heterocycles. The van der Waals surface area contributed by atoms with Gasteiger partial charge in [-0.2, -0.15) is 10.5 Å². The number of hydrazine groups is 2. The van der Waals surface area contributed by atoms with Crippen LogP contribution in [0.15, 0.2) is 72.8 Å². The second-order valence-electron chi connectivity index (χ2n) is 12.8. The van der Waals surface area contributed by atoms with Crippen LogP contribution < -0.4 is 22.1 Å². The predicted molar refractivity (Wildman–Crippen MR) is 220 cm³/mol. The first-order chi connectivity index (χ1) is 27.9. The molecular weight excluding hydrogens is 799 g/mol. The molecule has 4 aromatic rings. The van der Waals surface area contributed by atoms with Gasteiger partial charge in [0.25, 0.3) is 11.8 Å². The van der Waals surface area contributed by atoms with E-state index >= 15 is 0 Å². The molecule has 304 valence electrons. The summed E-state index contributed by atoms with van der Waals surface area (Å²) in [5, 5.41) is 46.4. The van der Waals surface area contributed by atoms with E-state index in [1.54, 1.807) is 62.4 Å². The maximum atomic E-state index is 12.5. The van der Waals surface area contributed by atoms with E-state index in [4.69, 9.17) is 57.8 Å². The van der Waals surface area contributed by atoms with Crippen molar-refractivity contribution < 1.29 is 34.5 Å². The Morgan fingerprint density at radius 1 is 0.695 bits per heavy atom. The van der Waals surface area contributed by atoms with Gasteiger partial charge in [0.1, 0.15) is 0 Å². The summed E-state index contributed by atoms with van der Waals surface area (Å²) >= 11 is 12.2. The lowest BCUT2D eigenvalue weighted by Gasteiger charge is -2.21. The van der Waals surface area contributed by atoms with Gasteiger partial charge in [0.05, 0.1) is 70.5 Å². The fraction of sp³-hybridized carbons (Fsp3) is 0.238. The molecule has 0 radical (unpaired) electrons. The molecule has 0 aliphatic carbocycles. The first-order valence-corrected chi connectivity index (χ1v) is 18.2. The van der Waals surface area contributed by atoms with Gasteiger partial charge in [0, 0.05) is 11.1 Å². The average Bonchev–Trinajstić information content (AvgIpc) is 3.23. The molecule has 3 amide bonds. The Balaban J connectivity index is 0.000000339. The quantitative estimate of drug-likeness (QED) is 0.0421. The van der Waals surface area contributed by atoms with Crippen molar-refractivity contribution in [2.45, 2.75) is 52.7 Å². The average molecular weight is 840 g/mol. The second-order valence-corrected chi connectivity index (χ2v) is 13.6. The number of carboxylic acid groups (broad SMARTS) is 1. The van der Waals surface area contributed by atoms with Crippen molar-refractivity contribution in [3.8, 4) is 12.1 Å². The summed E-state index contributed by atoms with van der Waals surface area (Å²) in [6, 6.07) is 22.6. The molecule has 0 unspecified atom stereocenters. The summed E-state index contributed by atoms with van der Waals surface area (Å²) in [7, 11) is 0. The summed E-state index contributed by atoms with van der Waals surface area (Å²) in [5.74, 6) is 0.671. The Morgan fingerprint density at radius 2 is 1.08 bits per heavy atom. The van der Waals surface area contributed by atoms with Crippen molar-refractivity contribution in [3.63, 3.8) is 0 Å². The minimum atomic E-state index is -1.05. The summed E-state index contributed by atoms with van der Waals surface area (Å²) in [4.78, 5) is 53.2. The van der Waals surface area contributed by atoms with Gasteiger partial charge < -0.3 is 15.3 Å². The SMILES string of the molecule is N#Cc1ccc(C(=O)NN)cc1.[C-]#[N+]c1ccc(C[C@@H](C(=O)NNC(=O)c2ccc(C#N)cc2)[C@@H](C)O)c(C)c1Cl.[C-]#[N+]c1ccc(C[C@@H](C(=O)O)[C@@H](C)O)c(C)c1Cl. The highest BCUT2D eigenvalue weighted by atomic mass is 35.5. The van der Waals surface area contributed by atoms with Gasteiger partial charge in [0.2, 0.25) is 17.3 Å². The van der Waals surface area contributed by atoms with Crippen molar-refractivity contribution in [2.75, 3.05) is 0 Å². The third-order valence-corrected chi connectivity index (χ3v) is 9.83. The topological polar surface area (TPSA) is 247 Å². The number of carbonyl (C=O) groups is 4. The third-order valence-electron chi connectivity index (χ3n) is 8.88. The maximum absolute atomic E-state index is 12.5. The van der Waals surface area contributed by atoms with Crippen molar-refractivity contribution in [2.24, 2.45) is 17.7 Å². The van der Waals surface area contributed by atoms with Crippen LogP contribution in [0.25, 0.3) is 9.69 Å². The number of nitrogens with one attached hydrogen (secondary N) is 3. The highest BCUT2D eigenvalue weighted by Gasteiger charge is 2.27. The lowest BCUT2D eigenvalue weighted by Crippen LogP contribution is -2.47. The number of carbonyl (C=O) groups excluding carboxylic acids is 3. The van der Waals surface area contributed by atoms with Crippen LogP contribution in [-0.4, -0.2) is 51.2 Å². The predicted octanol–water partition coefficient (Wildman–Crippen LogP) is 6.06. The van der Waals surface area contributed by atoms with Gasteiger partial charge in [-0.05, 0) is 111 Å². The van der Waals surface area contributed by atoms with Crippen molar-refractivity contribution in [3.05, 3.63) is 150 Å². The van der Waals surface area contributed by atoms with E-state index in [0.717, 1.165) is 11.1 Å². The number of nitrogens with zero attached hydrogens (tertiary/aromatic N) is 4. The van der Waals surface area contributed by atoms with Gasteiger partial charge in [0.15, 0.2) is 0 Å². The van der Waals surface area contributed by atoms with E-state index in [9.17, 15) is 29.4 Å². The van der Waals surface area contributed by atoms with Crippen molar-refractivity contribution >= 4 is 58.3 Å². The van der Waals surface area contributed by atoms with E-state index in [-0.39, 0.29) is 24.3 Å². The maximum Gasteiger partial charge on any atom is 0.309 e. The molecule has 0 saturated carbocycles. The molecule has 0 bridgehead atoms. The molecule has 0 spiro atoms. The van der Waals surface area contributed by atoms with E-state index in [0.29, 0.717) is 49.2 Å². The Morgan fingerprint density at radius 3 is 1.42 bits per heavy atom. The van der Waals surface area contributed by atoms with Gasteiger partial charge in [-0.3, -0.25) is 35.5 Å². The van der Waals surface area contributed by atoms with Crippen LogP contribution >= 0.6 is 23.2 Å². The number of carboxylic acids is 1. The number of nitrogens with two attached hydrogens (primary N) is 1. The van der Waals surface area contributed by atoms with Gasteiger partial charge in [-0.15, -0.1) is 0 Å². The summed E-state index contributed by atoms with van der Waals surface area (Å²) < 4.78 is 0. The van der Waals surface area contributed by atoms with Crippen molar-refractivity contribution in [1.82, 2.24) is 16.3 Å². The molecule has 0 aliphatic rings. The molecule has 15 nitrogen and oxygen atoms in total. The van der Waals surface area contributed by atoms with Crippen LogP contribution in [0.5, 0.6) is 0 Å². The fourth-order valence-corrected chi connectivity index (χ4v) is 5.67. The largest absolute Gasteiger partial charge is 0.481 e. The zero-order chi connectivity index (χ0) is 44.4. The molecule has 0 aromatic heterocycles. The highest BCUT2D eigenvalue weighted by molar-refractivity contribution is 6.34. The third kappa shape index (κ3) is 14.0. The van der Waals surface area contributed by atoms with Gasteiger partial charge in [-0.25, -0.2) is 15.5 Å². The first-order valence-electron chi connectivity index (χ1n) is 17.5. The van der Waals surface area contributed by atoms with Gasteiger partial charge >= 0.3 is 5.97 Å². The molecule has 4 rings (SSSR count). The van der Waals surface area contributed by atoms with Crippen molar-refractivity contribution in [1.29, 1.82) is 10.5 Å². The number of aliphatic carboxylic acids is 1. The number of amides is 3. The molecule has 0 aliphatic heterocycles. The number of aliphatic hydroxyl groups is 2. The van der Waals surface area contributed by atoms with Crippen LogP contribution in [0.2, 0.25) is 10.0 Å². The lowest BCUT2D eigenvalue weighted by atomic mass is 9.91. The van der Waals surface area contributed by atoms with Gasteiger partial charge in [-0.1, -0.05) is 47.5 Å². The number of aliphatic hydroxyl groups excluding tert-OH is 2. The Labute approximate surface area is 351 Å². The smallest absolute Gasteiger partial charge is 0.309 e. The first kappa shape index (κ1) is 48.3. The second kappa shape index (κ2) is 23.4. The number of benzene rings is 4. The Hall–Kier alpha value is -6.82. The zero-order valence-corrected chi connectivity index (χ0v) is 33.8. The Kier molecular flexibility index (Phi) is 19.2. The monoisotopic (exact) mass is 838 g/mol. The van der Waals surface area contributed by atoms with Crippen LogP contribution in [-0.2, 0) is 22.4 Å². The van der Waals surface area contributed by atoms with Crippen LogP contribution in [0.3, 0.4) is 0 Å². The number of nitrogen functional groups attached to an aromatic ring is 1. The molecule has 8 N–H and O–H groups in total. The molecule has 17 heteroatoms. The summed E-state index contributed by atoms with van der Waals surface area (Å²) in [5.41, 5.74) is 11.8. The normalized spacial score (nSPS) is 11.9. The van der Waals surface area contributed by atoms with E-state index in [1.165, 1.54) is 38.1 Å². The molecule has 59 heavy (non-hydrogen) atoms. The molecule has 0 fully saturated rings. The summed E-state index contributed by atoms with van der Waals surface area (Å²) in [6.07, 6.45) is -1.56. The number of hydrogen-bond acceptors (Lipinski definition) is 9. The number of nitriles is 2. The van der Waals surface area contributed by atoms with E-state index in [1.807, 2.05) is 17.6 Å².